The Kier molecular flexibility index (Phi) is 4.00. The van der Waals surface area contributed by atoms with Crippen molar-refractivity contribution in [3.63, 3.8) is 0 Å². The van der Waals surface area contributed by atoms with Gasteiger partial charge in [0, 0.05) is 6.04 Å². The van der Waals surface area contributed by atoms with Gasteiger partial charge in [0.05, 0.1) is 5.69 Å². The zero-order valence-corrected chi connectivity index (χ0v) is 11.6. The van der Waals surface area contributed by atoms with Gasteiger partial charge in [0.2, 0.25) is 0 Å². The van der Waals surface area contributed by atoms with Crippen molar-refractivity contribution in [1.29, 1.82) is 0 Å². The van der Waals surface area contributed by atoms with Gasteiger partial charge in [-0.1, -0.05) is 42.5 Å². The molecule has 0 amide bonds. The maximum absolute atomic E-state index is 13.6. The Balaban J connectivity index is 1.58. The first-order valence-electron chi connectivity index (χ1n) is 7.39. The largest absolute Gasteiger partial charge is 0.380 e. The molecule has 20 heavy (non-hydrogen) atoms. The van der Waals surface area contributed by atoms with Gasteiger partial charge in [-0.25, -0.2) is 4.39 Å². The lowest BCUT2D eigenvalue weighted by Crippen LogP contribution is -2.25. The van der Waals surface area contributed by atoms with E-state index >= 15 is 0 Å². The molecule has 0 atom stereocenters. The van der Waals surface area contributed by atoms with Crippen molar-refractivity contribution >= 4 is 5.69 Å². The molecule has 0 aromatic heterocycles. The summed E-state index contributed by atoms with van der Waals surface area (Å²) in [7, 11) is 0. The quantitative estimate of drug-likeness (QED) is 0.830. The van der Waals surface area contributed by atoms with Gasteiger partial charge in [-0.15, -0.1) is 0 Å². The lowest BCUT2D eigenvalue weighted by Gasteiger charge is -2.30. The second kappa shape index (κ2) is 6.08. The van der Waals surface area contributed by atoms with Gasteiger partial charge in [0.15, 0.2) is 0 Å². The van der Waals surface area contributed by atoms with Gasteiger partial charge in [-0.05, 0) is 49.3 Å². The number of nitrogens with one attached hydrogen (secondary N) is 1. The van der Waals surface area contributed by atoms with Crippen molar-refractivity contribution < 1.29 is 4.39 Å². The third-order valence-corrected chi connectivity index (χ3v) is 4.23. The average Bonchev–Trinajstić information content (AvgIpc) is 2.51. The zero-order chi connectivity index (χ0) is 13.8. The second-order valence-corrected chi connectivity index (χ2v) is 5.58. The molecule has 3 rings (SSSR count). The van der Waals surface area contributed by atoms with Crippen LogP contribution >= 0.6 is 0 Å². The first-order chi connectivity index (χ1) is 9.83. The molecule has 1 fully saturated rings. The van der Waals surface area contributed by atoms with Crippen LogP contribution in [0.1, 0.15) is 37.2 Å². The van der Waals surface area contributed by atoms with E-state index in [1.165, 1.54) is 24.5 Å². The van der Waals surface area contributed by atoms with Gasteiger partial charge < -0.3 is 5.32 Å². The Labute approximate surface area is 119 Å². The highest BCUT2D eigenvalue weighted by atomic mass is 19.1. The third-order valence-electron chi connectivity index (χ3n) is 4.23. The van der Waals surface area contributed by atoms with E-state index in [4.69, 9.17) is 0 Å². The number of hydrogen-bond donors (Lipinski definition) is 1. The van der Waals surface area contributed by atoms with Gasteiger partial charge in [0.25, 0.3) is 0 Å². The Hall–Kier alpha value is -1.83. The molecule has 0 aliphatic heterocycles. The molecule has 104 valence electrons. The normalized spacial score (nSPS) is 22.4. The van der Waals surface area contributed by atoms with Crippen molar-refractivity contribution in [2.24, 2.45) is 0 Å². The van der Waals surface area contributed by atoms with E-state index in [1.807, 2.05) is 12.1 Å². The van der Waals surface area contributed by atoms with E-state index in [-0.39, 0.29) is 5.82 Å². The van der Waals surface area contributed by atoms with Crippen molar-refractivity contribution in [1.82, 2.24) is 0 Å². The Morgan fingerprint density at radius 3 is 2.15 bits per heavy atom. The highest BCUT2D eigenvalue weighted by Crippen LogP contribution is 2.34. The minimum absolute atomic E-state index is 0.155. The SMILES string of the molecule is Fc1ccccc1NC1CCC(c2ccccc2)CC1. The minimum atomic E-state index is -0.155. The van der Waals surface area contributed by atoms with Crippen LogP contribution in [-0.4, -0.2) is 6.04 Å². The monoisotopic (exact) mass is 269 g/mol. The number of halogens is 1. The number of para-hydroxylation sites is 1. The summed E-state index contributed by atoms with van der Waals surface area (Å²) in [5.41, 5.74) is 2.08. The van der Waals surface area contributed by atoms with E-state index in [0.29, 0.717) is 17.6 Å². The van der Waals surface area contributed by atoms with E-state index in [9.17, 15) is 4.39 Å². The van der Waals surface area contributed by atoms with Crippen LogP contribution < -0.4 is 5.32 Å². The first-order valence-corrected chi connectivity index (χ1v) is 7.39. The molecule has 0 radical (unpaired) electrons. The molecular weight excluding hydrogens is 249 g/mol. The van der Waals surface area contributed by atoms with Crippen molar-refractivity contribution in [2.75, 3.05) is 5.32 Å². The van der Waals surface area contributed by atoms with Crippen LogP contribution in [0.2, 0.25) is 0 Å². The predicted octanol–water partition coefficient (Wildman–Crippen LogP) is 4.96. The molecule has 0 saturated heterocycles. The summed E-state index contributed by atoms with van der Waals surface area (Å²) in [6.45, 7) is 0. The van der Waals surface area contributed by atoms with Crippen LogP contribution in [0.5, 0.6) is 0 Å². The molecule has 0 spiro atoms. The number of hydrogen-bond acceptors (Lipinski definition) is 1. The summed E-state index contributed by atoms with van der Waals surface area (Å²) in [5, 5.41) is 3.35. The van der Waals surface area contributed by atoms with Crippen molar-refractivity contribution in [2.45, 2.75) is 37.6 Å². The fourth-order valence-electron chi connectivity index (χ4n) is 3.09. The Bertz CT molecular complexity index is 544. The van der Waals surface area contributed by atoms with Crippen molar-refractivity contribution in [3.8, 4) is 0 Å². The summed E-state index contributed by atoms with van der Waals surface area (Å²) in [6.07, 6.45) is 4.56. The maximum Gasteiger partial charge on any atom is 0.146 e. The number of rotatable bonds is 3. The fraction of sp³-hybridized carbons (Fsp3) is 0.333. The predicted molar refractivity (Wildman–Crippen MR) is 81.5 cm³/mol. The van der Waals surface area contributed by atoms with Crippen LogP contribution in [0.25, 0.3) is 0 Å². The van der Waals surface area contributed by atoms with Gasteiger partial charge in [0.1, 0.15) is 5.82 Å². The molecule has 1 aliphatic rings. The summed E-state index contributed by atoms with van der Waals surface area (Å²) in [4.78, 5) is 0. The average molecular weight is 269 g/mol. The molecule has 0 heterocycles. The van der Waals surface area contributed by atoms with Gasteiger partial charge in [-0.3, -0.25) is 0 Å². The summed E-state index contributed by atoms with van der Waals surface area (Å²) < 4.78 is 13.6. The Morgan fingerprint density at radius 2 is 1.45 bits per heavy atom. The summed E-state index contributed by atoms with van der Waals surface area (Å²) in [5.74, 6) is 0.507. The number of anilines is 1. The second-order valence-electron chi connectivity index (χ2n) is 5.58. The van der Waals surface area contributed by atoms with Crippen LogP contribution in [-0.2, 0) is 0 Å². The molecule has 1 nitrogen and oxygen atoms in total. The molecule has 1 N–H and O–H groups in total. The first kappa shape index (κ1) is 13.2. The summed E-state index contributed by atoms with van der Waals surface area (Å²) >= 11 is 0. The van der Waals surface area contributed by atoms with E-state index in [1.54, 1.807) is 6.07 Å². The zero-order valence-electron chi connectivity index (χ0n) is 11.6. The lowest BCUT2D eigenvalue weighted by molar-refractivity contribution is 0.411. The smallest absolute Gasteiger partial charge is 0.146 e. The fourth-order valence-corrected chi connectivity index (χ4v) is 3.09. The molecule has 1 aliphatic carbocycles. The van der Waals surface area contributed by atoms with Crippen LogP contribution in [0.3, 0.4) is 0 Å². The number of benzene rings is 2. The van der Waals surface area contributed by atoms with Crippen LogP contribution in [0.15, 0.2) is 54.6 Å². The molecular formula is C18H20FN. The van der Waals surface area contributed by atoms with Gasteiger partial charge in [-0.2, -0.15) is 0 Å². The topological polar surface area (TPSA) is 12.0 Å². The minimum Gasteiger partial charge on any atom is -0.380 e. The van der Waals surface area contributed by atoms with Crippen LogP contribution in [0, 0.1) is 5.82 Å². The van der Waals surface area contributed by atoms with Gasteiger partial charge >= 0.3 is 0 Å². The van der Waals surface area contributed by atoms with E-state index < -0.39 is 0 Å². The standard InChI is InChI=1S/C18H20FN/c19-17-8-4-5-9-18(17)20-16-12-10-15(11-13-16)14-6-2-1-3-7-14/h1-9,15-16,20H,10-13H2. The molecule has 0 unspecified atom stereocenters. The molecule has 1 saturated carbocycles. The van der Waals surface area contributed by atoms with Crippen molar-refractivity contribution in [3.05, 3.63) is 66.0 Å². The molecule has 2 aromatic carbocycles. The maximum atomic E-state index is 13.6. The summed E-state index contributed by atoms with van der Waals surface area (Å²) in [6, 6.07) is 18.0. The Morgan fingerprint density at radius 1 is 0.800 bits per heavy atom. The van der Waals surface area contributed by atoms with E-state index in [2.05, 4.69) is 35.6 Å². The van der Waals surface area contributed by atoms with E-state index in [0.717, 1.165) is 12.8 Å². The molecule has 2 aromatic rings. The molecule has 0 bridgehead atoms. The lowest BCUT2D eigenvalue weighted by atomic mass is 9.82. The molecule has 2 heteroatoms. The highest BCUT2D eigenvalue weighted by molar-refractivity contribution is 5.45. The highest BCUT2D eigenvalue weighted by Gasteiger charge is 2.22. The van der Waals surface area contributed by atoms with Crippen LogP contribution in [0.4, 0.5) is 10.1 Å². The third kappa shape index (κ3) is 3.01.